The van der Waals surface area contributed by atoms with Crippen molar-refractivity contribution in [2.45, 2.75) is 13.8 Å². The molecule has 1 aromatic heterocycles. The zero-order chi connectivity index (χ0) is 10.6. The number of aromatic nitrogens is 1. The number of carbonyl (C=O) groups excluding carboxylic acids is 1. The SMILES string of the molecule is CCN(CC)c1ncccc1C(N)=O. The normalized spacial score (nSPS) is 9.86. The van der Waals surface area contributed by atoms with E-state index >= 15 is 0 Å². The Morgan fingerprint density at radius 3 is 2.64 bits per heavy atom. The van der Waals surface area contributed by atoms with E-state index in [4.69, 9.17) is 5.73 Å². The topological polar surface area (TPSA) is 59.2 Å². The van der Waals surface area contributed by atoms with E-state index in [0.717, 1.165) is 13.1 Å². The summed E-state index contributed by atoms with van der Waals surface area (Å²) in [6, 6.07) is 3.41. The average Bonchev–Trinajstić information content (AvgIpc) is 2.20. The van der Waals surface area contributed by atoms with Gasteiger partial charge < -0.3 is 10.6 Å². The highest BCUT2D eigenvalue weighted by atomic mass is 16.1. The van der Waals surface area contributed by atoms with Gasteiger partial charge in [-0.25, -0.2) is 4.98 Å². The van der Waals surface area contributed by atoms with Gasteiger partial charge >= 0.3 is 0 Å². The molecule has 4 heteroatoms. The summed E-state index contributed by atoms with van der Waals surface area (Å²) in [6.07, 6.45) is 1.67. The van der Waals surface area contributed by atoms with Crippen molar-refractivity contribution in [3.05, 3.63) is 23.9 Å². The Morgan fingerprint density at radius 2 is 2.14 bits per heavy atom. The monoisotopic (exact) mass is 193 g/mol. The zero-order valence-corrected chi connectivity index (χ0v) is 8.53. The number of nitrogens with zero attached hydrogens (tertiary/aromatic N) is 2. The molecule has 0 aliphatic carbocycles. The van der Waals surface area contributed by atoms with Crippen LogP contribution in [0.5, 0.6) is 0 Å². The lowest BCUT2D eigenvalue weighted by atomic mass is 10.2. The molecular weight excluding hydrogens is 178 g/mol. The van der Waals surface area contributed by atoms with Crippen LogP contribution >= 0.6 is 0 Å². The van der Waals surface area contributed by atoms with Gasteiger partial charge in [-0.15, -0.1) is 0 Å². The molecule has 2 N–H and O–H groups in total. The maximum atomic E-state index is 11.1. The molecule has 0 aromatic carbocycles. The van der Waals surface area contributed by atoms with E-state index in [9.17, 15) is 4.79 Å². The zero-order valence-electron chi connectivity index (χ0n) is 8.53. The predicted octanol–water partition coefficient (Wildman–Crippen LogP) is 1.03. The first kappa shape index (κ1) is 10.5. The number of nitrogens with two attached hydrogens (primary N) is 1. The van der Waals surface area contributed by atoms with E-state index in [2.05, 4.69) is 4.98 Å². The Balaban J connectivity index is 3.11. The number of hydrogen-bond donors (Lipinski definition) is 1. The maximum absolute atomic E-state index is 11.1. The van der Waals surface area contributed by atoms with Crippen molar-refractivity contribution in [1.29, 1.82) is 0 Å². The van der Waals surface area contributed by atoms with Crippen LogP contribution in [0.15, 0.2) is 18.3 Å². The van der Waals surface area contributed by atoms with Crippen molar-refractivity contribution in [1.82, 2.24) is 4.98 Å². The van der Waals surface area contributed by atoms with E-state index in [1.54, 1.807) is 18.3 Å². The number of hydrogen-bond acceptors (Lipinski definition) is 3. The first-order valence-corrected chi connectivity index (χ1v) is 4.70. The van der Waals surface area contributed by atoms with Crippen molar-refractivity contribution in [2.75, 3.05) is 18.0 Å². The van der Waals surface area contributed by atoms with Crippen molar-refractivity contribution >= 4 is 11.7 Å². The molecule has 0 radical (unpaired) electrons. The van der Waals surface area contributed by atoms with Crippen LogP contribution in [0.25, 0.3) is 0 Å². The summed E-state index contributed by atoms with van der Waals surface area (Å²) in [5.74, 6) is 0.241. The molecule has 0 bridgehead atoms. The van der Waals surface area contributed by atoms with Crippen LogP contribution in [-0.4, -0.2) is 24.0 Å². The summed E-state index contributed by atoms with van der Waals surface area (Å²) in [6.45, 7) is 5.66. The van der Waals surface area contributed by atoms with Gasteiger partial charge in [0.05, 0.1) is 5.56 Å². The van der Waals surface area contributed by atoms with Crippen molar-refractivity contribution in [3.8, 4) is 0 Å². The number of primary amides is 1. The standard InChI is InChI=1S/C10H15N3O/c1-3-13(4-2)10-8(9(11)14)6-5-7-12-10/h5-7H,3-4H2,1-2H3,(H2,11,14). The fraction of sp³-hybridized carbons (Fsp3) is 0.400. The lowest BCUT2D eigenvalue weighted by Crippen LogP contribution is -2.26. The van der Waals surface area contributed by atoms with Crippen LogP contribution < -0.4 is 10.6 Å². The molecular formula is C10H15N3O. The van der Waals surface area contributed by atoms with Crippen molar-refractivity contribution in [2.24, 2.45) is 5.73 Å². The summed E-state index contributed by atoms with van der Waals surface area (Å²) in [7, 11) is 0. The second-order valence-electron chi connectivity index (χ2n) is 2.91. The lowest BCUT2D eigenvalue weighted by Gasteiger charge is -2.21. The fourth-order valence-electron chi connectivity index (χ4n) is 1.36. The van der Waals surface area contributed by atoms with E-state index in [1.807, 2.05) is 18.7 Å². The smallest absolute Gasteiger partial charge is 0.252 e. The molecule has 4 nitrogen and oxygen atoms in total. The van der Waals surface area contributed by atoms with Gasteiger partial charge in [-0.1, -0.05) is 0 Å². The minimum absolute atomic E-state index is 0.431. The molecule has 1 aromatic rings. The first-order chi connectivity index (χ1) is 6.70. The van der Waals surface area contributed by atoms with Crippen LogP contribution in [0.2, 0.25) is 0 Å². The van der Waals surface area contributed by atoms with Gasteiger partial charge in [-0.05, 0) is 26.0 Å². The highest BCUT2D eigenvalue weighted by molar-refractivity contribution is 5.97. The molecule has 0 unspecified atom stereocenters. The number of anilines is 1. The quantitative estimate of drug-likeness (QED) is 0.776. The third kappa shape index (κ3) is 2.02. The van der Waals surface area contributed by atoms with Gasteiger partial charge in [0.2, 0.25) is 0 Å². The van der Waals surface area contributed by atoms with Crippen LogP contribution in [-0.2, 0) is 0 Å². The lowest BCUT2D eigenvalue weighted by molar-refractivity contribution is 0.100. The highest BCUT2D eigenvalue weighted by Crippen LogP contribution is 2.15. The van der Waals surface area contributed by atoms with E-state index in [1.165, 1.54) is 0 Å². The summed E-state index contributed by atoms with van der Waals surface area (Å²) in [5, 5.41) is 0. The number of pyridine rings is 1. The van der Waals surface area contributed by atoms with E-state index in [0.29, 0.717) is 11.4 Å². The Morgan fingerprint density at radius 1 is 1.50 bits per heavy atom. The average molecular weight is 193 g/mol. The molecule has 0 saturated heterocycles. The van der Waals surface area contributed by atoms with Crippen molar-refractivity contribution < 1.29 is 4.79 Å². The molecule has 1 amide bonds. The third-order valence-electron chi connectivity index (χ3n) is 2.12. The van der Waals surface area contributed by atoms with Crippen LogP contribution in [0.3, 0.4) is 0 Å². The van der Waals surface area contributed by atoms with Gasteiger partial charge in [-0.3, -0.25) is 4.79 Å². The molecule has 0 atom stereocenters. The van der Waals surface area contributed by atoms with Crippen LogP contribution in [0.1, 0.15) is 24.2 Å². The molecule has 1 heterocycles. The Bertz CT molecular complexity index is 321. The van der Waals surface area contributed by atoms with Gasteiger partial charge in [0.1, 0.15) is 5.82 Å². The van der Waals surface area contributed by atoms with Crippen LogP contribution in [0.4, 0.5) is 5.82 Å². The molecule has 1 rings (SSSR count). The Kier molecular flexibility index (Phi) is 3.45. The predicted molar refractivity (Wildman–Crippen MR) is 56.3 cm³/mol. The minimum atomic E-state index is -0.431. The summed E-state index contributed by atoms with van der Waals surface area (Å²) in [4.78, 5) is 17.3. The van der Waals surface area contributed by atoms with E-state index < -0.39 is 5.91 Å². The molecule has 0 saturated carbocycles. The Labute approximate surface area is 83.7 Å². The fourth-order valence-corrected chi connectivity index (χ4v) is 1.36. The van der Waals surface area contributed by atoms with Crippen molar-refractivity contribution in [3.63, 3.8) is 0 Å². The van der Waals surface area contributed by atoms with Gasteiger partial charge in [0, 0.05) is 19.3 Å². The summed E-state index contributed by atoms with van der Waals surface area (Å²) >= 11 is 0. The largest absolute Gasteiger partial charge is 0.365 e. The molecule has 14 heavy (non-hydrogen) atoms. The van der Waals surface area contributed by atoms with Gasteiger partial charge in [0.15, 0.2) is 0 Å². The molecule has 0 aliphatic heterocycles. The summed E-state index contributed by atoms with van der Waals surface area (Å²) in [5.41, 5.74) is 5.74. The van der Waals surface area contributed by atoms with Crippen LogP contribution in [0, 0.1) is 0 Å². The minimum Gasteiger partial charge on any atom is -0.365 e. The first-order valence-electron chi connectivity index (χ1n) is 4.70. The number of rotatable bonds is 4. The van der Waals surface area contributed by atoms with Gasteiger partial charge in [0.25, 0.3) is 5.91 Å². The number of amides is 1. The molecule has 76 valence electrons. The number of carbonyl (C=O) groups is 1. The molecule has 0 aliphatic rings. The van der Waals surface area contributed by atoms with Gasteiger partial charge in [-0.2, -0.15) is 0 Å². The molecule has 0 spiro atoms. The highest BCUT2D eigenvalue weighted by Gasteiger charge is 2.12. The third-order valence-corrected chi connectivity index (χ3v) is 2.12. The Hall–Kier alpha value is -1.58. The molecule has 0 fully saturated rings. The summed E-state index contributed by atoms with van der Waals surface area (Å²) < 4.78 is 0. The second kappa shape index (κ2) is 4.60. The second-order valence-corrected chi connectivity index (χ2v) is 2.91. The van der Waals surface area contributed by atoms with E-state index in [-0.39, 0.29) is 0 Å². The maximum Gasteiger partial charge on any atom is 0.252 e.